The summed E-state index contributed by atoms with van der Waals surface area (Å²) >= 11 is 1.40. The van der Waals surface area contributed by atoms with Crippen LogP contribution in [0.4, 0.5) is 9.39 Å². The molecule has 1 aliphatic rings. The summed E-state index contributed by atoms with van der Waals surface area (Å²) in [7, 11) is 1.34. The molecule has 7 heteroatoms. The molecule has 0 saturated carbocycles. The first-order valence-electron chi connectivity index (χ1n) is 8.72. The van der Waals surface area contributed by atoms with Crippen molar-refractivity contribution in [1.82, 2.24) is 0 Å². The maximum Gasteiger partial charge on any atom is 0.341 e. The number of quaternary nitrogens is 1. The van der Waals surface area contributed by atoms with Crippen LogP contribution in [0.1, 0.15) is 58.9 Å². The van der Waals surface area contributed by atoms with Gasteiger partial charge in [-0.1, -0.05) is 0 Å². The summed E-state index contributed by atoms with van der Waals surface area (Å²) in [6.45, 7) is 8.48. The fourth-order valence-electron chi connectivity index (χ4n) is 3.89. The number of carbonyl (C=O) groups is 2. The Kier molecular flexibility index (Phi) is 4.86. The van der Waals surface area contributed by atoms with Crippen molar-refractivity contribution in [2.75, 3.05) is 12.4 Å². The van der Waals surface area contributed by atoms with Crippen molar-refractivity contribution in [2.45, 2.75) is 45.2 Å². The molecule has 1 aliphatic heterocycles. The molecule has 2 heterocycles. The molecule has 0 saturated heterocycles. The van der Waals surface area contributed by atoms with Crippen molar-refractivity contribution < 1.29 is 24.0 Å². The summed E-state index contributed by atoms with van der Waals surface area (Å²) in [4.78, 5) is 26.2. The van der Waals surface area contributed by atoms with E-state index in [1.807, 2.05) is 0 Å². The maximum atomic E-state index is 13.1. The average Bonchev–Trinajstić information content (AvgIpc) is 2.91. The number of amides is 1. The van der Waals surface area contributed by atoms with Gasteiger partial charge in [-0.05, 0) is 57.5 Å². The van der Waals surface area contributed by atoms with Gasteiger partial charge >= 0.3 is 5.97 Å². The molecule has 0 spiro atoms. The van der Waals surface area contributed by atoms with Crippen LogP contribution in [0.3, 0.4) is 0 Å². The largest absolute Gasteiger partial charge is 0.465 e. The lowest BCUT2D eigenvalue weighted by Crippen LogP contribution is -3.03. The molecule has 0 fully saturated rings. The van der Waals surface area contributed by atoms with Gasteiger partial charge in [0.15, 0.2) is 0 Å². The number of esters is 1. The molecule has 144 valence electrons. The van der Waals surface area contributed by atoms with Crippen LogP contribution in [0.5, 0.6) is 0 Å². The average molecular weight is 391 g/mol. The smallest absolute Gasteiger partial charge is 0.341 e. The first-order chi connectivity index (χ1) is 12.5. The summed E-state index contributed by atoms with van der Waals surface area (Å²) in [5, 5.41) is 5.58. The normalized spacial score (nSPS) is 17.1. The van der Waals surface area contributed by atoms with Crippen LogP contribution in [0.25, 0.3) is 0 Å². The number of fused-ring (bicyclic) bond motifs is 1. The van der Waals surface area contributed by atoms with Gasteiger partial charge < -0.3 is 15.4 Å². The molecule has 3 rings (SSSR count). The molecule has 3 N–H and O–H groups in total. The summed E-state index contributed by atoms with van der Waals surface area (Å²) in [6, 6.07) is 5.29. The lowest BCUT2D eigenvalue weighted by Gasteiger charge is -2.38. The van der Waals surface area contributed by atoms with E-state index in [0.29, 0.717) is 22.5 Å². The Bertz CT molecular complexity index is 901. The molecule has 0 unspecified atom stereocenters. The van der Waals surface area contributed by atoms with Crippen LogP contribution >= 0.6 is 11.3 Å². The second-order valence-corrected chi connectivity index (χ2v) is 9.12. The first-order valence-corrected chi connectivity index (χ1v) is 9.54. The number of nitrogens with two attached hydrogens (primary N) is 1. The van der Waals surface area contributed by atoms with Gasteiger partial charge in [0.05, 0.1) is 23.1 Å². The highest BCUT2D eigenvalue weighted by Gasteiger charge is 2.45. The summed E-state index contributed by atoms with van der Waals surface area (Å²) in [5.74, 6) is -1.26. The van der Waals surface area contributed by atoms with Crippen LogP contribution in [0.15, 0.2) is 24.3 Å². The number of carbonyl (C=O) groups excluding carboxylic acids is 2. The fraction of sp³-hybridized carbons (Fsp3) is 0.400. The quantitative estimate of drug-likeness (QED) is 0.790. The summed E-state index contributed by atoms with van der Waals surface area (Å²) < 4.78 is 18.1. The minimum atomic E-state index is -0.463. The van der Waals surface area contributed by atoms with E-state index < -0.39 is 11.8 Å². The third kappa shape index (κ3) is 3.75. The second-order valence-electron chi connectivity index (χ2n) is 8.10. The molecule has 1 aromatic carbocycles. The molecule has 0 aliphatic carbocycles. The number of hydrogen-bond acceptors (Lipinski definition) is 4. The van der Waals surface area contributed by atoms with Crippen molar-refractivity contribution >= 4 is 28.2 Å². The van der Waals surface area contributed by atoms with Gasteiger partial charge in [0.25, 0.3) is 5.91 Å². The lowest BCUT2D eigenvalue weighted by atomic mass is 9.81. The van der Waals surface area contributed by atoms with Gasteiger partial charge in [0.1, 0.15) is 16.4 Å². The highest BCUT2D eigenvalue weighted by atomic mass is 32.1. The Labute approximate surface area is 161 Å². The van der Waals surface area contributed by atoms with E-state index in [0.717, 1.165) is 10.4 Å². The zero-order valence-electron chi connectivity index (χ0n) is 16.1. The molecular weight excluding hydrogens is 367 g/mol. The van der Waals surface area contributed by atoms with Gasteiger partial charge in [-0.3, -0.25) is 4.79 Å². The monoisotopic (exact) mass is 391 g/mol. The zero-order chi connectivity index (χ0) is 20.0. The predicted molar refractivity (Wildman–Crippen MR) is 103 cm³/mol. The van der Waals surface area contributed by atoms with E-state index >= 15 is 0 Å². The molecule has 0 bridgehead atoms. The van der Waals surface area contributed by atoms with Crippen LogP contribution < -0.4 is 10.6 Å². The Morgan fingerprint density at radius 2 is 1.81 bits per heavy atom. The number of thiophene rings is 1. The standard InChI is InChI=1S/C20H23FN2O3S/c1-19(2)10-13-14(18(25)26-5)17(27-15(13)20(3,4)23-19)22-16(24)11-6-8-12(21)9-7-11/h6-9,23H,10H2,1-5H3,(H,22,24)/p+1. The van der Waals surface area contributed by atoms with E-state index in [2.05, 4.69) is 38.3 Å². The van der Waals surface area contributed by atoms with E-state index in [1.165, 1.54) is 42.7 Å². The molecule has 0 atom stereocenters. The van der Waals surface area contributed by atoms with E-state index in [-0.39, 0.29) is 17.0 Å². The Morgan fingerprint density at radius 1 is 1.19 bits per heavy atom. The van der Waals surface area contributed by atoms with Crippen molar-refractivity contribution in [3.8, 4) is 0 Å². The number of benzene rings is 1. The Balaban J connectivity index is 2.06. The third-order valence-electron chi connectivity index (χ3n) is 4.70. The SMILES string of the molecule is COC(=O)c1c(NC(=O)c2ccc(F)cc2)sc2c1CC(C)(C)[NH2+]C2(C)C. The minimum Gasteiger partial charge on any atom is -0.465 e. The molecule has 2 aromatic rings. The molecule has 5 nitrogen and oxygen atoms in total. The number of anilines is 1. The van der Waals surface area contributed by atoms with Crippen molar-refractivity contribution in [3.05, 3.63) is 51.7 Å². The number of methoxy groups -OCH3 is 1. The molecule has 27 heavy (non-hydrogen) atoms. The van der Waals surface area contributed by atoms with E-state index in [1.54, 1.807) is 0 Å². The number of rotatable bonds is 3. The summed E-state index contributed by atoms with van der Waals surface area (Å²) in [5.41, 5.74) is 1.35. The van der Waals surface area contributed by atoms with Crippen LogP contribution in [0.2, 0.25) is 0 Å². The van der Waals surface area contributed by atoms with Gasteiger partial charge in [-0.2, -0.15) is 0 Å². The highest BCUT2D eigenvalue weighted by Crippen LogP contribution is 2.42. The first kappa shape index (κ1) is 19.5. The summed E-state index contributed by atoms with van der Waals surface area (Å²) in [6.07, 6.45) is 0.694. The number of hydrogen-bond donors (Lipinski definition) is 2. The van der Waals surface area contributed by atoms with Gasteiger partial charge in [-0.25, -0.2) is 9.18 Å². The van der Waals surface area contributed by atoms with E-state index in [9.17, 15) is 14.0 Å². The lowest BCUT2D eigenvalue weighted by molar-refractivity contribution is -0.789. The van der Waals surface area contributed by atoms with Crippen molar-refractivity contribution in [2.24, 2.45) is 0 Å². The molecule has 1 amide bonds. The fourth-order valence-corrected chi connectivity index (χ4v) is 5.16. The van der Waals surface area contributed by atoms with Crippen LogP contribution in [0, 0.1) is 5.82 Å². The van der Waals surface area contributed by atoms with Crippen LogP contribution in [-0.4, -0.2) is 24.5 Å². The molecule has 0 radical (unpaired) electrons. The maximum absolute atomic E-state index is 13.1. The number of nitrogens with one attached hydrogen (secondary N) is 1. The van der Waals surface area contributed by atoms with Crippen LogP contribution in [-0.2, 0) is 16.7 Å². The second kappa shape index (κ2) is 6.73. The third-order valence-corrected chi connectivity index (χ3v) is 6.19. The predicted octanol–water partition coefficient (Wildman–Crippen LogP) is 3.06. The van der Waals surface area contributed by atoms with Gasteiger partial charge in [0, 0.05) is 12.0 Å². The topological polar surface area (TPSA) is 72.0 Å². The highest BCUT2D eigenvalue weighted by molar-refractivity contribution is 7.17. The zero-order valence-corrected chi connectivity index (χ0v) is 16.9. The number of halogens is 1. The Morgan fingerprint density at radius 3 is 2.41 bits per heavy atom. The minimum absolute atomic E-state index is 0.0847. The van der Waals surface area contributed by atoms with Crippen molar-refractivity contribution in [1.29, 1.82) is 0 Å². The Hall–Kier alpha value is -2.25. The molecular formula is C20H24FN2O3S+. The number of ether oxygens (including phenoxy) is 1. The molecule has 1 aromatic heterocycles. The van der Waals surface area contributed by atoms with Gasteiger partial charge in [-0.15, -0.1) is 11.3 Å². The van der Waals surface area contributed by atoms with E-state index in [4.69, 9.17) is 4.74 Å². The van der Waals surface area contributed by atoms with Gasteiger partial charge in [0.2, 0.25) is 0 Å². The van der Waals surface area contributed by atoms with Crippen molar-refractivity contribution in [3.63, 3.8) is 0 Å².